The van der Waals surface area contributed by atoms with Crippen LogP contribution in [0.1, 0.15) is 20.8 Å². The summed E-state index contributed by atoms with van der Waals surface area (Å²) in [6.07, 6.45) is 1.80. The number of aryl methyl sites for hydroxylation is 1. The molecule has 5 heteroatoms. The largest absolute Gasteiger partial charge is 0.478 e. The van der Waals surface area contributed by atoms with Gasteiger partial charge in [0, 0.05) is 4.70 Å². The van der Waals surface area contributed by atoms with Crippen LogP contribution < -0.4 is 5.43 Å². The minimum absolute atomic E-state index is 0.259. The van der Waals surface area contributed by atoms with E-state index in [4.69, 9.17) is 5.11 Å². The molecule has 0 fully saturated rings. The fraction of sp³-hybridized carbons (Fsp3) is 0.0588. The molecule has 0 bridgehead atoms. The van der Waals surface area contributed by atoms with Crippen LogP contribution in [0.15, 0.2) is 53.6 Å². The summed E-state index contributed by atoms with van der Waals surface area (Å²) in [6.45, 7) is 2.09. The van der Waals surface area contributed by atoms with Gasteiger partial charge in [0.05, 0.1) is 22.3 Å². The highest BCUT2D eigenvalue weighted by Gasteiger charge is 2.05. The maximum Gasteiger partial charge on any atom is 0.335 e. The van der Waals surface area contributed by atoms with Gasteiger partial charge < -0.3 is 5.11 Å². The van der Waals surface area contributed by atoms with Crippen LogP contribution in [0.4, 0.5) is 5.69 Å². The zero-order valence-electron chi connectivity index (χ0n) is 11.9. The Morgan fingerprint density at radius 2 is 1.91 bits per heavy atom. The minimum atomic E-state index is -0.934. The Kier molecular flexibility index (Phi) is 3.89. The van der Waals surface area contributed by atoms with Crippen molar-refractivity contribution in [2.24, 2.45) is 5.10 Å². The quantitative estimate of drug-likeness (QED) is 0.556. The van der Waals surface area contributed by atoms with Crippen molar-refractivity contribution >= 4 is 39.3 Å². The van der Waals surface area contributed by atoms with Gasteiger partial charge >= 0.3 is 5.97 Å². The molecule has 110 valence electrons. The molecule has 0 aliphatic heterocycles. The van der Waals surface area contributed by atoms with Crippen molar-refractivity contribution in [3.8, 4) is 0 Å². The molecule has 0 saturated heterocycles. The highest BCUT2D eigenvalue weighted by atomic mass is 32.1. The molecular formula is C17H14N2O2S. The molecular weight excluding hydrogens is 296 g/mol. The van der Waals surface area contributed by atoms with Crippen LogP contribution in [0.5, 0.6) is 0 Å². The van der Waals surface area contributed by atoms with Crippen molar-refractivity contribution < 1.29 is 9.90 Å². The number of carbonyl (C=O) groups is 1. The van der Waals surface area contributed by atoms with Crippen LogP contribution in [0, 0.1) is 6.92 Å². The monoisotopic (exact) mass is 310 g/mol. The Hall–Kier alpha value is -2.66. The van der Waals surface area contributed by atoms with E-state index >= 15 is 0 Å². The number of nitrogens with zero attached hydrogens (tertiary/aromatic N) is 1. The Morgan fingerprint density at radius 3 is 2.59 bits per heavy atom. The summed E-state index contributed by atoms with van der Waals surface area (Å²) in [5.41, 5.74) is 5.14. The molecule has 0 aliphatic carbocycles. The number of aromatic carboxylic acids is 1. The molecule has 3 rings (SSSR count). The van der Waals surface area contributed by atoms with Gasteiger partial charge in [-0.15, -0.1) is 11.3 Å². The highest BCUT2D eigenvalue weighted by molar-refractivity contribution is 7.20. The molecule has 0 unspecified atom stereocenters. The van der Waals surface area contributed by atoms with Crippen molar-refractivity contribution in [3.05, 3.63) is 64.5 Å². The molecule has 0 aliphatic rings. The van der Waals surface area contributed by atoms with E-state index in [1.807, 2.05) is 12.1 Å². The third-order valence-corrected chi connectivity index (χ3v) is 4.60. The maximum atomic E-state index is 10.8. The lowest BCUT2D eigenvalue weighted by Gasteiger charge is -2.00. The first-order chi connectivity index (χ1) is 10.6. The second-order valence-corrected chi connectivity index (χ2v) is 5.92. The normalized spacial score (nSPS) is 11.1. The van der Waals surface area contributed by atoms with E-state index in [1.165, 1.54) is 15.6 Å². The molecule has 1 heterocycles. The van der Waals surface area contributed by atoms with Crippen molar-refractivity contribution in [1.29, 1.82) is 0 Å². The van der Waals surface area contributed by atoms with E-state index in [2.05, 4.69) is 29.6 Å². The van der Waals surface area contributed by atoms with Gasteiger partial charge in [-0.05, 0) is 48.2 Å². The molecule has 22 heavy (non-hydrogen) atoms. The molecule has 0 spiro atoms. The van der Waals surface area contributed by atoms with Gasteiger partial charge in [0.25, 0.3) is 0 Å². The van der Waals surface area contributed by atoms with Crippen molar-refractivity contribution in [1.82, 2.24) is 0 Å². The van der Waals surface area contributed by atoms with Crippen molar-refractivity contribution in [2.45, 2.75) is 6.92 Å². The fourth-order valence-corrected chi connectivity index (χ4v) is 3.25. The summed E-state index contributed by atoms with van der Waals surface area (Å²) in [5.74, 6) is -0.934. The molecule has 2 N–H and O–H groups in total. The molecule has 3 aromatic rings. The Bertz CT molecular complexity index is 851. The van der Waals surface area contributed by atoms with Gasteiger partial charge in [0.15, 0.2) is 0 Å². The van der Waals surface area contributed by atoms with Crippen LogP contribution in [0.25, 0.3) is 10.1 Å². The molecule has 0 amide bonds. The van der Waals surface area contributed by atoms with E-state index in [1.54, 1.807) is 41.8 Å². The number of hydrazone groups is 1. The smallest absolute Gasteiger partial charge is 0.335 e. The van der Waals surface area contributed by atoms with Crippen LogP contribution in [0.3, 0.4) is 0 Å². The van der Waals surface area contributed by atoms with Crippen LogP contribution in [-0.2, 0) is 0 Å². The van der Waals surface area contributed by atoms with Crippen LogP contribution >= 0.6 is 11.3 Å². The molecule has 4 nitrogen and oxygen atoms in total. The van der Waals surface area contributed by atoms with Gasteiger partial charge in [-0.25, -0.2) is 4.79 Å². The molecule has 1 aromatic heterocycles. The molecule has 2 aromatic carbocycles. The summed E-state index contributed by atoms with van der Waals surface area (Å²) in [5, 5.41) is 14.3. The predicted molar refractivity (Wildman–Crippen MR) is 91.2 cm³/mol. The zero-order valence-corrected chi connectivity index (χ0v) is 12.7. The van der Waals surface area contributed by atoms with Gasteiger partial charge in [-0.3, -0.25) is 5.43 Å². The van der Waals surface area contributed by atoms with Gasteiger partial charge in [0.1, 0.15) is 0 Å². The third kappa shape index (κ3) is 2.84. The Morgan fingerprint density at radius 1 is 1.18 bits per heavy atom. The lowest BCUT2D eigenvalue weighted by molar-refractivity contribution is 0.0697. The lowest BCUT2D eigenvalue weighted by Crippen LogP contribution is -1.96. The number of thiophene rings is 1. The molecule has 0 saturated carbocycles. The van der Waals surface area contributed by atoms with Crippen LogP contribution in [-0.4, -0.2) is 17.3 Å². The van der Waals surface area contributed by atoms with Gasteiger partial charge in [-0.1, -0.05) is 18.2 Å². The fourth-order valence-electron chi connectivity index (χ4n) is 2.17. The number of carboxylic acid groups (broad SMARTS) is 1. The number of hydrogen-bond acceptors (Lipinski definition) is 4. The highest BCUT2D eigenvalue weighted by Crippen LogP contribution is 2.29. The summed E-state index contributed by atoms with van der Waals surface area (Å²) < 4.78 is 1.24. The van der Waals surface area contributed by atoms with E-state index in [9.17, 15) is 4.79 Å². The van der Waals surface area contributed by atoms with Crippen molar-refractivity contribution in [2.75, 3.05) is 5.43 Å². The number of nitrogens with one attached hydrogen (secondary N) is 1. The average Bonchev–Trinajstić information content (AvgIpc) is 2.85. The van der Waals surface area contributed by atoms with Gasteiger partial charge in [0.2, 0.25) is 0 Å². The number of carboxylic acids is 1. The lowest BCUT2D eigenvalue weighted by atomic mass is 10.1. The van der Waals surface area contributed by atoms with Gasteiger partial charge in [-0.2, -0.15) is 5.10 Å². The second-order valence-electron chi connectivity index (χ2n) is 4.84. The number of benzene rings is 2. The number of fused-ring (bicyclic) bond motifs is 1. The second kappa shape index (κ2) is 5.99. The first kappa shape index (κ1) is 14.3. The first-order valence-corrected chi connectivity index (χ1v) is 7.57. The van der Waals surface area contributed by atoms with Crippen molar-refractivity contribution in [3.63, 3.8) is 0 Å². The van der Waals surface area contributed by atoms with E-state index in [0.717, 1.165) is 10.6 Å². The zero-order chi connectivity index (χ0) is 15.5. The summed E-state index contributed by atoms with van der Waals surface area (Å²) in [7, 11) is 0. The molecule has 0 atom stereocenters. The standard InChI is InChI=1S/C17H14N2O2S/c1-11-14-4-2-3-5-15(14)22-16(11)10-18-19-13-8-6-12(7-9-13)17(20)21/h2-10,19H,1H3,(H,20,21)/b18-10+. The number of anilines is 1. The summed E-state index contributed by atoms with van der Waals surface area (Å²) >= 11 is 1.70. The predicted octanol–water partition coefficient (Wildman–Crippen LogP) is 4.35. The topological polar surface area (TPSA) is 61.7 Å². The Balaban J connectivity index is 1.76. The van der Waals surface area contributed by atoms with E-state index < -0.39 is 5.97 Å². The first-order valence-electron chi connectivity index (χ1n) is 6.76. The Labute approximate surface area is 131 Å². The number of rotatable bonds is 4. The van der Waals surface area contributed by atoms with E-state index in [-0.39, 0.29) is 5.56 Å². The number of hydrogen-bond donors (Lipinski definition) is 2. The average molecular weight is 310 g/mol. The maximum absolute atomic E-state index is 10.8. The summed E-state index contributed by atoms with van der Waals surface area (Å²) in [6, 6.07) is 14.7. The SMILES string of the molecule is Cc1c(/C=N/Nc2ccc(C(=O)O)cc2)sc2ccccc12. The minimum Gasteiger partial charge on any atom is -0.478 e. The molecule has 0 radical (unpaired) electrons. The van der Waals surface area contributed by atoms with E-state index in [0.29, 0.717) is 0 Å². The third-order valence-electron chi connectivity index (χ3n) is 3.39. The summed E-state index contributed by atoms with van der Waals surface area (Å²) in [4.78, 5) is 11.9. The van der Waals surface area contributed by atoms with Crippen LogP contribution in [0.2, 0.25) is 0 Å².